The normalized spacial score (nSPS) is 13.5. The summed E-state index contributed by atoms with van der Waals surface area (Å²) in [4.78, 5) is 24.3. The van der Waals surface area contributed by atoms with Crippen molar-refractivity contribution in [3.8, 4) is 16.9 Å². The summed E-state index contributed by atoms with van der Waals surface area (Å²) < 4.78 is 56.6. The van der Waals surface area contributed by atoms with Crippen molar-refractivity contribution >= 4 is 15.7 Å². The number of carbonyl (C=O) groups excluding carboxylic acids is 1. The van der Waals surface area contributed by atoms with E-state index in [0.717, 1.165) is 36.1 Å². The van der Waals surface area contributed by atoms with Crippen LogP contribution in [0.2, 0.25) is 0 Å². The first-order chi connectivity index (χ1) is 13.9. The number of hydrogen-bond acceptors (Lipinski definition) is 6. The van der Waals surface area contributed by atoms with Crippen molar-refractivity contribution < 1.29 is 31.9 Å². The topological polar surface area (TPSA) is 115 Å². The number of aromatic nitrogens is 1. The Morgan fingerprint density at radius 1 is 1.27 bits per heavy atom. The number of nitrogens with zero attached hydrogens (tertiary/aromatic N) is 1. The maximum Gasteiger partial charge on any atom is 0.264 e. The number of sulfone groups is 1. The molecule has 164 valence electrons. The minimum Gasteiger partial charge on any atom is -0.491 e. The number of halogens is 2. The number of carbonyl (C=O) groups is 1. The Morgan fingerprint density at radius 2 is 1.93 bits per heavy atom. The summed E-state index contributed by atoms with van der Waals surface area (Å²) in [7, 11) is -3.97. The Hall–Kier alpha value is -2.79. The van der Waals surface area contributed by atoms with Gasteiger partial charge in [-0.2, -0.15) is 0 Å². The van der Waals surface area contributed by atoms with Gasteiger partial charge in [-0.25, -0.2) is 22.7 Å². The van der Waals surface area contributed by atoms with E-state index in [1.807, 2.05) is 0 Å². The standard InChI is InChI=1S/C19H22F2N2O6S/c1-4-29-16-6-5-12(9-14(16)20)13-10-17(24)23(11-15(13)21)8-7-19(2,18(25)22-26)30(3,27)28/h5-6,9-11,26H,4,7-8H2,1-3H3,(H,22,25). The highest BCUT2D eigenvalue weighted by Gasteiger charge is 2.43. The van der Waals surface area contributed by atoms with Crippen molar-refractivity contribution in [3.05, 3.63) is 52.5 Å². The molecule has 2 N–H and O–H groups in total. The van der Waals surface area contributed by atoms with Gasteiger partial charge >= 0.3 is 0 Å². The lowest BCUT2D eigenvalue weighted by Gasteiger charge is -2.25. The summed E-state index contributed by atoms with van der Waals surface area (Å²) in [5, 5.41) is 8.84. The molecule has 1 amide bonds. The van der Waals surface area contributed by atoms with Gasteiger partial charge in [0.15, 0.2) is 26.2 Å². The largest absolute Gasteiger partial charge is 0.491 e. The van der Waals surface area contributed by atoms with E-state index in [9.17, 15) is 26.8 Å². The minimum atomic E-state index is -3.97. The van der Waals surface area contributed by atoms with E-state index in [0.29, 0.717) is 0 Å². The van der Waals surface area contributed by atoms with Gasteiger partial charge in [-0.05, 0) is 38.0 Å². The van der Waals surface area contributed by atoms with Crippen molar-refractivity contribution in [3.63, 3.8) is 0 Å². The van der Waals surface area contributed by atoms with Gasteiger partial charge in [0, 0.05) is 30.6 Å². The molecule has 2 rings (SSSR count). The van der Waals surface area contributed by atoms with E-state index in [1.54, 1.807) is 6.92 Å². The molecular formula is C19H22F2N2O6S. The second kappa shape index (κ2) is 8.92. The lowest BCUT2D eigenvalue weighted by molar-refractivity contribution is -0.131. The van der Waals surface area contributed by atoms with Crippen LogP contribution in [0.5, 0.6) is 5.75 Å². The van der Waals surface area contributed by atoms with Gasteiger partial charge in [0.1, 0.15) is 5.82 Å². The van der Waals surface area contributed by atoms with E-state index in [1.165, 1.54) is 17.6 Å². The molecule has 11 heteroatoms. The van der Waals surface area contributed by atoms with Crippen molar-refractivity contribution in [2.45, 2.75) is 31.6 Å². The smallest absolute Gasteiger partial charge is 0.264 e. The molecule has 1 atom stereocenters. The molecule has 30 heavy (non-hydrogen) atoms. The first-order valence-electron chi connectivity index (χ1n) is 8.91. The Bertz CT molecular complexity index is 1120. The van der Waals surface area contributed by atoms with Crippen LogP contribution in [0.3, 0.4) is 0 Å². The van der Waals surface area contributed by atoms with E-state index in [-0.39, 0.29) is 30.0 Å². The number of amides is 1. The Balaban J connectivity index is 2.36. The van der Waals surface area contributed by atoms with Crippen molar-refractivity contribution in [2.75, 3.05) is 12.9 Å². The van der Waals surface area contributed by atoms with Gasteiger partial charge in [0.25, 0.3) is 11.5 Å². The van der Waals surface area contributed by atoms with E-state index >= 15 is 0 Å². The number of hydroxylamine groups is 1. The van der Waals surface area contributed by atoms with Crippen molar-refractivity contribution in [1.82, 2.24) is 10.0 Å². The van der Waals surface area contributed by atoms with Gasteiger partial charge in [-0.15, -0.1) is 0 Å². The van der Waals surface area contributed by atoms with Gasteiger partial charge in [-0.1, -0.05) is 6.07 Å². The maximum atomic E-state index is 14.6. The third-order valence-corrected chi connectivity index (χ3v) is 6.88. The molecule has 1 aromatic carbocycles. The van der Waals surface area contributed by atoms with Gasteiger partial charge in [-0.3, -0.25) is 14.8 Å². The molecule has 0 spiro atoms. The fourth-order valence-corrected chi connectivity index (χ4v) is 3.65. The summed E-state index contributed by atoms with van der Waals surface area (Å²) in [6.07, 6.45) is 1.27. The number of hydrogen-bond donors (Lipinski definition) is 2. The first-order valence-corrected chi connectivity index (χ1v) is 10.8. The summed E-state index contributed by atoms with van der Waals surface area (Å²) in [6.45, 7) is 2.71. The number of nitrogens with one attached hydrogen (secondary N) is 1. The molecule has 1 aromatic heterocycles. The number of rotatable bonds is 8. The van der Waals surface area contributed by atoms with E-state index in [2.05, 4.69) is 0 Å². The predicted octanol–water partition coefficient (Wildman–Crippen LogP) is 1.89. The maximum absolute atomic E-state index is 14.6. The predicted molar refractivity (Wildman–Crippen MR) is 105 cm³/mol. The molecule has 8 nitrogen and oxygen atoms in total. The average molecular weight is 444 g/mol. The molecular weight excluding hydrogens is 422 g/mol. The molecule has 0 saturated carbocycles. The van der Waals surface area contributed by atoms with E-state index < -0.39 is 44.1 Å². The summed E-state index contributed by atoms with van der Waals surface area (Å²) in [5.74, 6) is -2.72. The summed E-state index contributed by atoms with van der Waals surface area (Å²) in [5.41, 5.74) is 0.601. The zero-order valence-electron chi connectivity index (χ0n) is 16.6. The van der Waals surface area contributed by atoms with E-state index in [4.69, 9.17) is 9.94 Å². The second-order valence-corrected chi connectivity index (χ2v) is 9.28. The lowest BCUT2D eigenvalue weighted by Crippen LogP contribution is -2.50. The van der Waals surface area contributed by atoms with Crippen LogP contribution in [-0.4, -0.2) is 41.7 Å². The van der Waals surface area contributed by atoms with Gasteiger partial charge < -0.3 is 9.30 Å². The molecule has 0 fully saturated rings. The third kappa shape index (κ3) is 4.68. The highest BCUT2D eigenvalue weighted by Crippen LogP contribution is 2.27. The third-order valence-electron chi connectivity index (χ3n) is 4.85. The molecule has 0 aliphatic heterocycles. The molecule has 2 aromatic rings. The monoisotopic (exact) mass is 444 g/mol. The molecule has 0 radical (unpaired) electrons. The fourth-order valence-electron chi connectivity index (χ4n) is 2.80. The molecule has 0 aliphatic rings. The van der Waals surface area contributed by atoms with Crippen molar-refractivity contribution in [2.24, 2.45) is 0 Å². The molecule has 1 unspecified atom stereocenters. The molecule has 1 heterocycles. The number of aryl methyl sites for hydroxylation is 1. The number of pyridine rings is 1. The minimum absolute atomic E-state index is 0.00257. The Kier molecular flexibility index (Phi) is 6.99. The Labute approximate surface area is 172 Å². The van der Waals surface area contributed by atoms with Crippen LogP contribution in [0.15, 0.2) is 35.3 Å². The average Bonchev–Trinajstić information content (AvgIpc) is 2.68. The first kappa shape index (κ1) is 23.5. The fraction of sp³-hybridized carbons (Fsp3) is 0.368. The quantitative estimate of drug-likeness (QED) is 0.475. The van der Waals surface area contributed by atoms with Crippen LogP contribution < -0.4 is 15.8 Å². The zero-order valence-corrected chi connectivity index (χ0v) is 17.4. The van der Waals surface area contributed by atoms with Crippen LogP contribution in [0.25, 0.3) is 11.1 Å². The SMILES string of the molecule is CCOc1ccc(-c2cc(=O)n(CCC(C)(C(=O)NO)S(C)(=O)=O)cc2F)cc1F. The molecule has 0 bridgehead atoms. The molecule has 0 aliphatic carbocycles. The van der Waals surface area contributed by atoms with Gasteiger partial charge in [0.2, 0.25) is 0 Å². The van der Waals surface area contributed by atoms with Crippen LogP contribution in [-0.2, 0) is 21.2 Å². The highest BCUT2D eigenvalue weighted by atomic mass is 32.2. The van der Waals surface area contributed by atoms with Crippen molar-refractivity contribution in [1.29, 1.82) is 0 Å². The zero-order chi connectivity index (χ0) is 22.7. The highest BCUT2D eigenvalue weighted by molar-refractivity contribution is 7.92. The molecule has 0 saturated heterocycles. The Morgan fingerprint density at radius 3 is 2.47 bits per heavy atom. The lowest BCUT2D eigenvalue weighted by atomic mass is 10.0. The summed E-state index contributed by atoms with van der Waals surface area (Å²) in [6, 6.07) is 4.72. The second-order valence-electron chi connectivity index (χ2n) is 6.84. The number of ether oxygens (including phenoxy) is 1. The number of benzene rings is 1. The van der Waals surface area contributed by atoms with Crippen LogP contribution in [0, 0.1) is 11.6 Å². The van der Waals surface area contributed by atoms with Gasteiger partial charge in [0.05, 0.1) is 6.61 Å². The summed E-state index contributed by atoms with van der Waals surface area (Å²) >= 11 is 0. The van der Waals surface area contributed by atoms with Crippen LogP contribution >= 0.6 is 0 Å². The van der Waals surface area contributed by atoms with Crippen LogP contribution in [0.1, 0.15) is 20.3 Å². The van der Waals surface area contributed by atoms with Crippen LogP contribution in [0.4, 0.5) is 8.78 Å².